The maximum absolute atomic E-state index is 6.23. The van der Waals surface area contributed by atoms with Crippen LogP contribution in [0.5, 0.6) is 0 Å². The Hall–Kier alpha value is -1.31. The van der Waals surface area contributed by atoms with E-state index in [-0.39, 0.29) is 0 Å². The molecule has 1 N–H and O–H groups in total. The topological polar surface area (TPSA) is 12.0 Å². The van der Waals surface area contributed by atoms with Gasteiger partial charge in [0, 0.05) is 11.1 Å². The van der Waals surface area contributed by atoms with Crippen molar-refractivity contribution in [2.24, 2.45) is 0 Å². The van der Waals surface area contributed by atoms with Crippen LogP contribution in [-0.4, -0.2) is 7.05 Å². The van der Waals surface area contributed by atoms with E-state index in [9.17, 15) is 0 Å². The molecule has 1 atom stereocenters. The second kappa shape index (κ2) is 6.92. The highest BCUT2D eigenvalue weighted by Crippen LogP contribution is 2.26. The molecule has 106 valence electrons. The number of aryl methyl sites for hydroxylation is 1. The first-order valence-electron chi connectivity index (χ1n) is 7.15. The van der Waals surface area contributed by atoms with E-state index in [2.05, 4.69) is 49.5 Å². The van der Waals surface area contributed by atoms with E-state index in [4.69, 9.17) is 11.6 Å². The van der Waals surface area contributed by atoms with Gasteiger partial charge in [-0.05, 0) is 55.1 Å². The van der Waals surface area contributed by atoms with Crippen molar-refractivity contribution in [3.63, 3.8) is 0 Å². The van der Waals surface area contributed by atoms with E-state index >= 15 is 0 Å². The Labute approximate surface area is 127 Å². The lowest BCUT2D eigenvalue weighted by Crippen LogP contribution is -2.20. The van der Waals surface area contributed by atoms with Gasteiger partial charge in [-0.25, -0.2) is 0 Å². The molecule has 0 radical (unpaired) electrons. The molecule has 20 heavy (non-hydrogen) atoms. The summed E-state index contributed by atoms with van der Waals surface area (Å²) < 4.78 is 0. The molecular weight excluding hydrogens is 266 g/mol. The Morgan fingerprint density at radius 1 is 1.05 bits per heavy atom. The summed E-state index contributed by atoms with van der Waals surface area (Å²) in [5, 5.41) is 4.24. The van der Waals surface area contributed by atoms with Crippen LogP contribution in [0.2, 0.25) is 5.02 Å². The lowest BCUT2D eigenvalue weighted by molar-refractivity contribution is 0.589. The van der Waals surface area contributed by atoms with Crippen molar-refractivity contribution in [1.29, 1.82) is 0 Å². The van der Waals surface area contributed by atoms with Crippen molar-refractivity contribution in [3.8, 4) is 0 Å². The van der Waals surface area contributed by atoms with Gasteiger partial charge in [-0.1, -0.05) is 54.9 Å². The van der Waals surface area contributed by atoms with Crippen LogP contribution in [0.3, 0.4) is 0 Å². The Balaban J connectivity index is 2.21. The maximum atomic E-state index is 6.23. The summed E-state index contributed by atoms with van der Waals surface area (Å²) in [7, 11) is 2.01. The van der Waals surface area contributed by atoms with Crippen LogP contribution >= 0.6 is 11.6 Å². The summed E-state index contributed by atoms with van der Waals surface area (Å²) in [6.07, 6.45) is 2.06. The molecular formula is C18H22ClN. The molecule has 1 nitrogen and oxygen atoms in total. The van der Waals surface area contributed by atoms with E-state index in [1.54, 1.807) is 0 Å². The van der Waals surface area contributed by atoms with Crippen molar-refractivity contribution in [2.45, 2.75) is 32.7 Å². The molecule has 0 fully saturated rings. The fourth-order valence-corrected chi connectivity index (χ4v) is 2.70. The van der Waals surface area contributed by atoms with Crippen molar-refractivity contribution in [1.82, 2.24) is 5.32 Å². The van der Waals surface area contributed by atoms with Gasteiger partial charge in [0.15, 0.2) is 0 Å². The molecule has 0 saturated carbocycles. The Bertz CT molecular complexity index is 560. The molecule has 0 bridgehead atoms. The van der Waals surface area contributed by atoms with Gasteiger partial charge in [0.05, 0.1) is 0 Å². The summed E-state index contributed by atoms with van der Waals surface area (Å²) >= 11 is 6.23. The highest BCUT2D eigenvalue weighted by atomic mass is 35.5. The lowest BCUT2D eigenvalue weighted by Gasteiger charge is -2.20. The van der Waals surface area contributed by atoms with Gasteiger partial charge in [-0.2, -0.15) is 0 Å². The van der Waals surface area contributed by atoms with Crippen molar-refractivity contribution >= 4 is 11.6 Å². The zero-order valence-corrected chi connectivity index (χ0v) is 13.2. The van der Waals surface area contributed by atoms with Crippen LogP contribution in [-0.2, 0) is 12.8 Å². The van der Waals surface area contributed by atoms with Crippen LogP contribution in [0.1, 0.15) is 35.2 Å². The molecule has 0 aliphatic heterocycles. The molecule has 0 aliphatic carbocycles. The first-order chi connectivity index (χ1) is 9.65. The molecule has 0 heterocycles. The smallest absolute Gasteiger partial charge is 0.0438 e. The lowest BCUT2D eigenvalue weighted by atomic mass is 9.95. The molecule has 0 spiro atoms. The van der Waals surface area contributed by atoms with Crippen LogP contribution in [0, 0.1) is 6.92 Å². The molecule has 0 saturated heterocycles. The van der Waals surface area contributed by atoms with E-state index < -0.39 is 0 Å². The van der Waals surface area contributed by atoms with Gasteiger partial charge in [0.2, 0.25) is 0 Å². The van der Waals surface area contributed by atoms with Crippen molar-refractivity contribution in [3.05, 3.63) is 69.7 Å². The summed E-state index contributed by atoms with van der Waals surface area (Å²) in [5.41, 5.74) is 5.17. The number of benzene rings is 2. The molecule has 2 heteroatoms. The minimum Gasteiger partial charge on any atom is -0.313 e. The minimum atomic E-state index is 0.293. The van der Waals surface area contributed by atoms with Gasteiger partial charge in [-0.15, -0.1) is 0 Å². The second-order valence-corrected chi connectivity index (χ2v) is 5.58. The Morgan fingerprint density at radius 3 is 2.30 bits per heavy atom. The van der Waals surface area contributed by atoms with Crippen LogP contribution < -0.4 is 5.32 Å². The number of likely N-dealkylation sites (N-methyl/N-ethyl adjacent to an activating group) is 1. The first-order valence-corrected chi connectivity index (χ1v) is 7.53. The standard InChI is InChI=1S/C18H22ClN/c1-4-14-8-10-15(11-9-14)12-18(20-3)16-6-5-7-17(19)13(16)2/h5-11,18,20H,4,12H2,1-3H3. The average molecular weight is 288 g/mol. The predicted molar refractivity (Wildman–Crippen MR) is 87.5 cm³/mol. The van der Waals surface area contributed by atoms with E-state index in [1.807, 2.05) is 19.2 Å². The van der Waals surface area contributed by atoms with E-state index in [0.717, 1.165) is 17.9 Å². The third-order valence-electron chi connectivity index (χ3n) is 3.90. The molecule has 0 aliphatic rings. The summed E-state index contributed by atoms with van der Waals surface area (Å²) in [4.78, 5) is 0. The van der Waals surface area contributed by atoms with Crippen LogP contribution in [0.4, 0.5) is 0 Å². The molecule has 2 aromatic carbocycles. The molecule has 0 aromatic heterocycles. The van der Waals surface area contributed by atoms with Gasteiger partial charge in [0.25, 0.3) is 0 Å². The SMILES string of the molecule is CCc1ccc(CC(NC)c2cccc(Cl)c2C)cc1. The highest BCUT2D eigenvalue weighted by Gasteiger charge is 2.13. The van der Waals surface area contributed by atoms with Crippen LogP contribution in [0.15, 0.2) is 42.5 Å². The third-order valence-corrected chi connectivity index (χ3v) is 4.31. The Morgan fingerprint density at radius 2 is 1.70 bits per heavy atom. The van der Waals surface area contributed by atoms with Crippen molar-refractivity contribution in [2.75, 3.05) is 7.05 Å². The van der Waals surface area contributed by atoms with Gasteiger partial charge < -0.3 is 5.32 Å². The van der Waals surface area contributed by atoms with E-state index in [1.165, 1.54) is 22.3 Å². The van der Waals surface area contributed by atoms with Crippen LogP contribution in [0.25, 0.3) is 0 Å². The number of nitrogens with one attached hydrogen (secondary N) is 1. The molecule has 2 aromatic rings. The number of rotatable bonds is 5. The fraction of sp³-hybridized carbons (Fsp3) is 0.333. The predicted octanol–water partition coefficient (Wildman–Crippen LogP) is 4.71. The van der Waals surface area contributed by atoms with Gasteiger partial charge >= 0.3 is 0 Å². The van der Waals surface area contributed by atoms with Gasteiger partial charge in [0.1, 0.15) is 0 Å². The van der Waals surface area contributed by atoms with Crippen molar-refractivity contribution < 1.29 is 0 Å². The molecule has 2 rings (SSSR count). The zero-order chi connectivity index (χ0) is 14.5. The average Bonchev–Trinajstić information content (AvgIpc) is 2.48. The summed E-state index contributed by atoms with van der Waals surface area (Å²) in [5.74, 6) is 0. The monoisotopic (exact) mass is 287 g/mol. The fourth-order valence-electron chi connectivity index (χ4n) is 2.52. The number of halogens is 1. The normalized spacial score (nSPS) is 12.4. The zero-order valence-electron chi connectivity index (χ0n) is 12.4. The van der Waals surface area contributed by atoms with Gasteiger partial charge in [-0.3, -0.25) is 0 Å². The Kier molecular flexibility index (Phi) is 5.22. The highest BCUT2D eigenvalue weighted by molar-refractivity contribution is 6.31. The maximum Gasteiger partial charge on any atom is 0.0438 e. The molecule has 1 unspecified atom stereocenters. The quantitative estimate of drug-likeness (QED) is 0.839. The molecule has 0 amide bonds. The minimum absolute atomic E-state index is 0.293. The number of hydrogen-bond acceptors (Lipinski definition) is 1. The van der Waals surface area contributed by atoms with E-state index in [0.29, 0.717) is 6.04 Å². The second-order valence-electron chi connectivity index (χ2n) is 5.17. The summed E-state index contributed by atoms with van der Waals surface area (Å²) in [6.45, 7) is 4.27. The first kappa shape index (κ1) is 15.1. The largest absolute Gasteiger partial charge is 0.313 e. The summed E-state index contributed by atoms with van der Waals surface area (Å²) in [6, 6.07) is 15.3. The number of hydrogen-bond donors (Lipinski definition) is 1. The third kappa shape index (κ3) is 3.41.